The molecule has 0 aliphatic heterocycles. The van der Waals surface area contributed by atoms with Crippen molar-refractivity contribution in [3.05, 3.63) is 29.3 Å². The van der Waals surface area contributed by atoms with E-state index in [4.69, 9.17) is 4.74 Å². The Bertz CT molecular complexity index is 326. The molecule has 0 saturated carbocycles. The number of benzene rings is 1. The first-order valence-electron chi connectivity index (χ1n) is 4.44. The molecular weight excluding hydrogens is 214 g/mol. The van der Waals surface area contributed by atoms with Crippen molar-refractivity contribution in [2.45, 2.75) is 6.54 Å². The number of aldehydes is 1. The summed E-state index contributed by atoms with van der Waals surface area (Å²) in [7, 11) is 5.55. The zero-order valence-electron chi connectivity index (χ0n) is 9.19. The molecule has 0 heterocycles. The Labute approximate surface area is 96.4 Å². The topological polar surface area (TPSA) is 29.5 Å². The Morgan fingerprint density at radius 1 is 1.40 bits per heavy atom. The minimum atomic E-state index is 0. The summed E-state index contributed by atoms with van der Waals surface area (Å²) in [6.45, 7) is 0.741. The third-order valence-corrected chi connectivity index (χ3v) is 1.96. The molecule has 0 fully saturated rings. The van der Waals surface area contributed by atoms with Crippen molar-refractivity contribution >= 4 is 18.7 Å². The molecule has 0 radical (unpaired) electrons. The summed E-state index contributed by atoms with van der Waals surface area (Å²) in [6.07, 6.45) is 0.873. The summed E-state index contributed by atoms with van der Waals surface area (Å²) >= 11 is 0. The molecule has 15 heavy (non-hydrogen) atoms. The van der Waals surface area contributed by atoms with E-state index in [1.165, 1.54) is 0 Å². The number of rotatable bonds is 4. The van der Waals surface area contributed by atoms with Gasteiger partial charge in [0.15, 0.2) is 0 Å². The first kappa shape index (κ1) is 13.9. The van der Waals surface area contributed by atoms with Gasteiger partial charge in [-0.1, -0.05) is 0 Å². The van der Waals surface area contributed by atoms with Crippen LogP contribution in [0.4, 0.5) is 0 Å². The second-order valence-electron chi connectivity index (χ2n) is 3.42. The molecule has 0 aliphatic carbocycles. The fraction of sp³-hybridized carbons (Fsp3) is 0.364. The molecule has 1 aromatic carbocycles. The zero-order chi connectivity index (χ0) is 10.6. The number of methoxy groups -OCH3 is 1. The Balaban J connectivity index is 0.00000196. The van der Waals surface area contributed by atoms with Gasteiger partial charge < -0.3 is 9.64 Å². The van der Waals surface area contributed by atoms with Gasteiger partial charge in [0, 0.05) is 12.1 Å². The Morgan fingerprint density at radius 3 is 2.53 bits per heavy atom. The molecule has 1 rings (SSSR count). The van der Waals surface area contributed by atoms with Crippen molar-refractivity contribution in [2.24, 2.45) is 0 Å². The highest BCUT2D eigenvalue weighted by Crippen LogP contribution is 2.17. The van der Waals surface area contributed by atoms with E-state index >= 15 is 0 Å². The summed E-state index contributed by atoms with van der Waals surface area (Å²) in [5, 5.41) is 0. The van der Waals surface area contributed by atoms with Crippen LogP contribution < -0.4 is 4.74 Å². The van der Waals surface area contributed by atoms with Gasteiger partial charge in [-0.2, -0.15) is 0 Å². The summed E-state index contributed by atoms with van der Waals surface area (Å²) in [4.78, 5) is 12.8. The van der Waals surface area contributed by atoms with Crippen molar-refractivity contribution in [1.29, 1.82) is 0 Å². The molecule has 0 atom stereocenters. The lowest BCUT2D eigenvalue weighted by Gasteiger charge is -2.12. The minimum absolute atomic E-state index is 0. The molecule has 4 heteroatoms. The lowest BCUT2D eigenvalue weighted by atomic mass is 10.1. The average Bonchev–Trinajstić information content (AvgIpc) is 2.16. The van der Waals surface area contributed by atoms with Crippen molar-refractivity contribution in [3.63, 3.8) is 0 Å². The number of ether oxygens (including phenoxy) is 1. The number of halogens is 1. The summed E-state index contributed by atoms with van der Waals surface area (Å²) in [5.74, 6) is 0.785. The van der Waals surface area contributed by atoms with Gasteiger partial charge >= 0.3 is 0 Å². The second kappa shape index (κ2) is 6.43. The number of carbonyl (C=O) groups is 1. The van der Waals surface area contributed by atoms with Gasteiger partial charge in [0.1, 0.15) is 12.0 Å². The fourth-order valence-corrected chi connectivity index (χ4v) is 1.30. The molecule has 3 nitrogen and oxygen atoms in total. The van der Waals surface area contributed by atoms with Crippen LogP contribution in [0.1, 0.15) is 15.9 Å². The third kappa shape index (κ3) is 3.90. The molecule has 0 unspecified atom stereocenters. The molecule has 0 N–H and O–H groups in total. The highest BCUT2D eigenvalue weighted by atomic mass is 35.5. The van der Waals surface area contributed by atoms with Crippen LogP contribution in [0.3, 0.4) is 0 Å². The molecule has 0 bridgehead atoms. The Kier molecular flexibility index (Phi) is 5.97. The quantitative estimate of drug-likeness (QED) is 0.740. The zero-order valence-corrected chi connectivity index (χ0v) is 10.0. The van der Waals surface area contributed by atoms with Crippen LogP contribution in [0.25, 0.3) is 0 Å². The molecule has 1 aromatic rings. The number of hydrogen-bond acceptors (Lipinski definition) is 3. The van der Waals surface area contributed by atoms with Crippen molar-refractivity contribution in [1.82, 2.24) is 4.90 Å². The number of carbonyl (C=O) groups excluding carboxylic acids is 1. The molecule has 0 amide bonds. The Hall–Kier alpha value is -1.06. The SMILES string of the molecule is COc1ccc(C=O)c(CN(C)C)c1.Cl. The molecule has 0 spiro atoms. The molecule has 0 saturated heterocycles. The van der Waals surface area contributed by atoms with E-state index < -0.39 is 0 Å². The van der Waals surface area contributed by atoms with Crippen molar-refractivity contribution < 1.29 is 9.53 Å². The standard InChI is InChI=1S/C11H15NO2.ClH/c1-12(2)7-10-6-11(14-3)5-4-9(10)8-13;/h4-6,8H,7H2,1-3H3;1H. The van der Waals surface area contributed by atoms with Crippen LogP contribution in [-0.2, 0) is 6.54 Å². The van der Waals surface area contributed by atoms with E-state index in [1.807, 2.05) is 25.1 Å². The predicted molar refractivity (Wildman–Crippen MR) is 63.0 cm³/mol. The maximum Gasteiger partial charge on any atom is 0.150 e. The monoisotopic (exact) mass is 229 g/mol. The normalized spacial score (nSPS) is 9.60. The van der Waals surface area contributed by atoms with Crippen LogP contribution in [0, 0.1) is 0 Å². The van der Waals surface area contributed by atoms with Gasteiger partial charge in [-0.3, -0.25) is 4.79 Å². The predicted octanol–water partition coefficient (Wildman–Crippen LogP) is 1.99. The van der Waals surface area contributed by atoms with Gasteiger partial charge in [0.05, 0.1) is 7.11 Å². The summed E-state index contributed by atoms with van der Waals surface area (Å²) < 4.78 is 5.10. The van der Waals surface area contributed by atoms with Crippen LogP contribution in [0.15, 0.2) is 18.2 Å². The van der Waals surface area contributed by atoms with E-state index in [-0.39, 0.29) is 12.4 Å². The van der Waals surface area contributed by atoms with E-state index in [0.717, 1.165) is 29.7 Å². The maximum absolute atomic E-state index is 10.7. The van der Waals surface area contributed by atoms with Gasteiger partial charge in [-0.15, -0.1) is 12.4 Å². The molecule has 0 aromatic heterocycles. The van der Waals surface area contributed by atoms with Crippen LogP contribution in [0.5, 0.6) is 5.75 Å². The highest BCUT2D eigenvalue weighted by Gasteiger charge is 2.04. The Morgan fingerprint density at radius 2 is 2.07 bits per heavy atom. The number of hydrogen-bond donors (Lipinski definition) is 0. The summed E-state index contributed by atoms with van der Waals surface area (Å²) in [6, 6.07) is 5.47. The third-order valence-electron chi connectivity index (χ3n) is 1.96. The van der Waals surface area contributed by atoms with Gasteiger partial charge in [-0.05, 0) is 37.9 Å². The van der Waals surface area contributed by atoms with Crippen LogP contribution in [0.2, 0.25) is 0 Å². The van der Waals surface area contributed by atoms with Crippen molar-refractivity contribution in [3.8, 4) is 5.75 Å². The molecule has 0 aliphatic rings. The van der Waals surface area contributed by atoms with E-state index in [2.05, 4.69) is 0 Å². The second-order valence-corrected chi connectivity index (χ2v) is 3.42. The summed E-state index contributed by atoms with van der Waals surface area (Å²) in [5.41, 5.74) is 1.71. The maximum atomic E-state index is 10.7. The van der Waals surface area contributed by atoms with Crippen molar-refractivity contribution in [2.75, 3.05) is 21.2 Å². The first-order chi connectivity index (χ1) is 6.67. The first-order valence-corrected chi connectivity index (χ1v) is 4.44. The van der Waals surface area contributed by atoms with E-state index in [0.29, 0.717) is 0 Å². The number of nitrogens with zero attached hydrogens (tertiary/aromatic N) is 1. The van der Waals surface area contributed by atoms with Gasteiger partial charge in [0.25, 0.3) is 0 Å². The lowest BCUT2D eigenvalue weighted by Crippen LogP contribution is -2.12. The fourth-order valence-electron chi connectivity index (χ4n) is 1.30. The largest absolute Gasteiger partial charge is 0.497 e. The molecule has 84 valence electrons. The lowest BCUT2D eigenvalue weighted by molar-refractivity contribution is 0.112. The average molecular weight is 230 g/mol. The van der Waals surface area contributed by atoms with E-state index in [1.54, 1.807) is 19.2 Å². The highest BCUT2D eigenvalue weighted by molar-refractivity contribution is 5.85. The van der Waals surface area contributed by atoms with Gasteiger partial charge in [0.2, 0.25) is 0 Å². The smallest absolute Gasteiger partial charge is 0.150 e. The van der Waals surface area contributed by atoms with Crippen LogP contribution in [-0.4, -0.2) is 32.4 Å². The minimum Gasteiger partial charge on any atom is -0.497 e. The van der Waals surface area contributed by atoms with Gasteiger partial charge in [-0.25, -0.2) is 0 Å². The van der Waals surface area contributed by atoms with E-state index in [9.17, 15) is 4.79 Å². The van der Waals surface area contributed by atoms with Crippen LogP contribution >= 0.6 is 12.4 Å². The molecular formula is C11H16ClNO2.